The Bertz CT molecular complexity index is 1490. The summed E-state index contributed by atoms with van der Waals surface area (Å²) in [7, 11) is 3.50. The van der Waals surface area contributed by atoms with Gasteiger partial charge in [-0.2, -0.15) is 5.21 Å². The number of benzene rings is 2. The number of rotatable bonds is 16. The van der Waals surface area contributed by atoms with Crippen molar-refractivity contribution in [3.8, 4) is 22.5 Å². The first-order chi connectivity index (χ1) is 20.8. The third-order valence-electron chi connectivity index (χ3n) is 7.17. The van der Waals surface area contributed by atoms with Gasteiger partial charge in [-0.25, -0.2) is 4.98 Å². The van der Waals surface area contributed by atoms with Gasteiger partial charge in [0, 0.05) is 31.6 Å². The summed E-state index contributed by atoms with van der Waals surface area (Å²) in [6.07, 6.45) is 2.63. The van der Waals surface area contributed by atoms with Gasteiger partial charge < -0.3 is 19.7 Å². The van der Waals surface area contributed by atoms with Crippen molar-refractivity contribution in [3.63, 3.8) is 0 Å². The van der Waals surface area contributed by atoms with Gasteiger partial charge in [-0.3, -0.25) is 14.5 Å². The van der Waals surface area contributed by atoms with Gasteiger partial charge in [-0.05, 0) is 48.8 Å². The second-order valence-corrected chi connectivity index (χ2v) is 10.6. The van der Waals surface area contributed by atoms with Gasteiger partial charge in [0.15, 0.2) is 5.15 Å². The maximum atomic E-state index is 13.1. The Morgan fingerprint density at radius 1 is 1.16 bits per heavy atom. The van der Waals surface area contributed by atoms with Crippen molar-refractivity contribution in [2.24, 2.45) is 0 Å². The SMILES string of the molecule is CCCCc1nc(Cl)c(COC(=O)C(CCC(=O)O)N(C)CNC)n1Cc1ccc(-c2ccccc2-c2nn[nH]n2)cc1. The third-order valence-corrected chi connectivity index (χ3v) is 7.47. The van der Waals surface area contributed by atoms with Crippen LogP contribution < -0.4 is 5.32 Å². The molecular weight excluding hydrogens is 572 g/mol. The number of tetrazole rings is 1. The number of halogens is 1. The highest BCUT2D eigenvalue weighted by molar-refractivity contribution is 6.30. The van der Waals surface area contributed by atoms with Crippen LogP contribution in [0.4, 0.5) is 0 Å². The molecule has 0 aliphatic carbocycles. The number of nitrogens with zero attached hydrogens (tertiary/aromatic N) is 6. The molecule has 1 atom stereocenters. The first-order valence-electron chi connectivity index (χ1n) is 14.2. The minimum Gasteiger partial charge on any atom is -0.481 e. The number of imidazole rings is 1. The molecule has 3 N–H and O–H groups in total. The summed E-state index contributed by atoms with van der Waals surface area (Å²) in [5.74, 6) is -0.141. The van der Waals surface area contributed by atoms with E-state index in [9.17, 15) is 9.59 Å². The number of nitrogens with one attached hydrogen (secondary N) is 2. The van der Waals surface area contributed by atoms with Gasteiger partial charge in [0.1, 0.15) is 18.5 Å². The van der Waals surface area contributed by atoms with Crippen molar-refractivity contribution in [3.05, 3.63) is 70.8 Å². The number of carboxylic acid groups (broad SMARTS) is 1. The molecule has 228 valence electrons. The monoisotopic (exact) mass is 608 g/mol. The highest BCUT2D eigenvalue weighted by atomic mass is 35.5. The fourth-order valence-corrected chi connectivity index (χ4v) is 5.16. The van der Waals surface area contributed by atoms with Crippen LogP contribution in [0, 0.1) is 0 Å². The number of aromatic amines is 1. The molecule has 2 aromatic carbocycles. The highest BCUT2D eigenvalue weighted by Gasteiger charge is 2.27. The number of hydrogen-bond donors (Lipinski definition) is 3. The molecule has 12 nitrogen and oxygen atoms in total. The number of carbonyl (C=O) groups is 2. The van der Waals surface area contributed by atoms with E-state index < -0.39 is 18.0 Å². The maximum absolute atomic E-state index is 13.1. The number of aliphatic carboxylic acids is 1. The van der Waals surface area contributed by atoms with Gasteiger partial charge in [-0.15, -0.1) is 10.2 Å². The molecule has 0 saturated carbocycles. The lowest BCUT2D eigenvalue weighted by Gasteiger charge is -2.25. The van der Waals surface area contributed by atoms with E-state index in [-0.39, 0.29) is 24.6 Å². The van der Waals surface area contributed by atoms with E-state index in [0.717, 1.165) is 47.3 Å². The summed E-state index contributed by atoms with van der Waals surface area (Å²) in [5, 5.41) is 26.9. The van der Waals surface area contributed by atoms with Crippen LogP contribution in [0.2, 0.25) is 5.15 Å². The molecular formula is C30H37ClN8O4. The maximum Gasteiger partial charge on any atom is 0.323 e. The predicted octanol–water partition coefficient (Wildman–Crippen LogP) is 4.16. The number of H-pyrrole nitrogens is 1. The Labute approximate surface area is 255 Å². The van der Waals surface area contributed by atoms with Crippen LogP contribution in [0.1, 0.15) is 49.7 Å². The van der Waals surface area contributed by atoms with E-state index in [1.54, 1.807) is 19.0 Å². The standard InChI is InChI=1S/C30H37ClN8O4/c1-4-5-10-26-33-28(31)25(18-43-30(42)24(15-16-27(40)41)38(3)19-32-2)39(26)17-20-11-13-21(14-12-20)22-8-6-7-9-23(22)29-34-36-37-35-29/h6-9,11-14,24,32H,4-5,10,15-19H2,1-3H3,(H,40,41)(H,34,35,36,37). The summed E-state index contributed by atoms with van der Waals surface area (Å²) >= 11 is 6.60. The van der Waals surface area contributed by atoms with Gasteiger partial charge in [0.05, 0.1) is 5.69 Å². The molecule has 2 heterocycles. The Morgan fingerprint density at radius 2 is 1.91 bits per heavy atom. The van der Waals surface area contributed by atoms with E-state index in [1.165, 1.54) is 0 Å². The molecule has 43 heavy (non-hydrogen) atoms. The zero-order valence-electron chi connectivity index (χ0n) is 24.6. The Balaban J connectivity index is 1.55. The molecule has 4 rings (SSSR count). The minimum absolute atomic E-state index is 0.0794. The normalized spacial score (nSPS) is 12.0. The molecule has 1 unspecified atom stereocenters. The molecule has 0 fully saturated rings. The molecule has 0 amide bonds. The molecule has 0 aliphatic heterocycles. The van der Waals surface area contributed by atoms with Crippen LogP contribution >= 0.6 is 11.6 Å². The van der Waals surface area contributed by atoms with Gasteiger partial charge in [0.25, 0.3) is 0 Å². The minimum atomic E-state index is -0.971. The van der Waals surface area contributed by atoms with Crippen LogP contribution in [-0.2, 0) is 33.9 Å². The summed E-state index contributed by atoms with van der Waals surface area (Å²) in [4.78, 5) is 30.6. The van der Waals surface area contributed by atoms with Crippen LogP contribution in [0.3, 0.4) is 0 Å². The van der Waals surface area contributed by atoms with Crippen molar-refractivity contribution in [1.82, 2.24) is 40.4 Å². The van der Waals surface area contributed by atoms with Crippen molar-refractivity contribution in [1.29, 1.82) is 0 Å². The zero-order chi connectivity index (χ0) is 30.8. The number of esters is 1. The largest absolute Gasteiger partial charge is 0.481 e. The number of aryl methyl sites for hydroxylation is 1. The van der Waals surface area contributed by atoms with Crippen molar-refractivity contribution >= 4 is 23.5 Å². The molecule has 0 aliphatic rings. The first-order valence-corrected chi connectivity index (χ1v) is 14.6. The second-order valence-electron chi connectivity index (χ2n) is 10.3. The summed E-state index contributed by atoms with van der Waals surface area (Å²) < 4.78 is 7.74. The zero-order valence-corrected chi connectivity index (χ0v) is 25.3. The lowest BCUT2D eigenvalue weighted by Crippen LogP contribution is -2.43. The Kier molecular flexibility index (Phi) is 11.4. The predicted molar refractivity (Wildman–Crippen MR) is 162 cm³/mol. The number of ether oxygens (including phenoxy) is 1. The first kappa shape index (κ1) is 31.8. The van der Waals surface area contributed by atoms with Crippen LogP contribution in [0.5, 0.6) is 0 Å². The Morgan fingerprint density at radius 3 is 2.56 bits per heavy atom. The molecule has 0 saturated heterocycles. The Hall–Kier alpha value is -4.13. The quantitative estimate of drug-likeness (QED) is 0.125. The smallest absolute Gasteiger partial charge is 0.323 e. The average molecular weight is 609 g/mol. The topological polar surface area (TPSA) is 151 Å². The van der Waals surface area contributed by atoms with E-state index in [1.807, 2.05) is 53.1 Å². The average Bonchev–Trinajstić information content (AvgIpc) is 3.64. The summed E-state index contributed by atoms with van der Waals surface area (Å²) in [6.45, 7) is 2.92. The molecule has 4 aromatic rings. The number of carboxylic acids is 1. The number of hydrogen-bond acceptors (Lipinski definition) is 9. The number of carbonyl (C=O) groups excluding carboxylic acids is 1. The fraction of sp³-hybridized carbons (Fsp3) is 0.400. The van der Waals surface area contributed by atoms with Crippen molar-refractivity contribution in [2.75, 3.05) is 20.8 Å². The van der Waals surface area contributed by atoms with Crippen molar-refractivity contribution in [2.45, 2.75) is 58.2 Å². The lowest BCUT2D eigenvalue weighted by molar-refractivity contribution is -0.152. The number of aromatic nitrogens is 6. The van der Waals surface area contributed by atoms with Gasteiger partial charge in [0.2, 0.25) is 5.82 Å². The fourth-order valence-electron chi connectivity index (χ4n) is 4.91. The summed E-state index contributed by atoms with van der Waals surface area (Å²) in [5.41, 5.74) is 4.48. The summed E-state index contributed by atoms with van der Waals surface area (Å²) in [6, 6.07) is 15.3. The van der Waals surface area contributed by atoms with Crippen LogP contribution in [0.25, 0.3) is 22.5 Å². The van der Waals surface area contributed by atoms with Gasteiger partial charge in [-0.1, -0.05) is 73.5 Å². The molecule has 0 bridgehead atoms. The van der Waals surface area contributed by atoms with Crippen LogP contribution in [0.15, 0.2) is 48.5 Å². The molecule has 2 aromatic heterocycles. The lowest BCUT2D eigenvalue weighted by atomic mass is 9.98. The third kappa shape index (κ3) is 8.25. The second kappa shape index (κ2) is 15.4. The molecule has 0 spiro atoms. The number of likely N-dealkylation sites (N-methyl/N-ethyl adjacent to an activating group) is 1. The van der Waals surface area contributed by atoms with Gasteiger partial charge >= 0.3 is 11.9 Å². The van der Waals surface area contributed by atoms with E-state index >= 15 is 0 Å². The van der Waals surface area contributed by atoms with E-state index in [4.69, 9.17) is 21.4 Å². The van der Waals surface area contributed by atoms with Crippen molar-refractivity contribution < 1.29 is 19.4 Å². The van der Waals surface area contributed by atoms with Crippen LogP contribution in [-0.4, -0.2) is 78.9 Å². The number of unbranched alkanes of at least 4 members (excludes halogenated alkanes) is 1. The molecule has 13 heteroatoms. The molecule has 0 radical (unpaired) electrons. The van der Waals surface area contributed by atoms with E-state index in [2.05, 4.69) is 37.8 Å². The van der Waals surface area contributed by atoms with E-state index in [0.29, 0.717) is 24.7 Å². The highest BCUT2D eigenvalue weighted by Crippen LogP contribution is 2.30.